The third kappa shape index (κ3) is 5.37. The molecule has 27 heavy (non-hydrogen) atoms. The molecule has 3 aromatic rings. The minimum absolute atomic E-state index is 0.0349. The van der Waals surface area contributed by atoms with Gasteiger partial charge in [-0.25, -0.2) is 4.98 Å². The van der Waals surface area contributed by atoms with Crippen LogP contribution in [0.25, 0.3) is 22.6 Å². The lowest BCUT2D eigenvalue weighted by molar-refractivity contribution is -0.119. The Morgan fingerprint density at radius 1 is 1.11 bits per heavy atom. The second-order valence-electron chi connectivity index (χ2n) is 6.37. The normalized spacial score (nSPS) is 10.7. The predicted molar refractivity (Wildman–Crippen MR) is 111 cm³/mol. The van der Waals surface area contributed by atoms with Crippen molar-refractivity contribution in [2.24, 2.45) is 0 Å². The monoisotopic (exact) mass is 381 g/mol. The molecule has 0 aliphatic heterocycles. The molecular formula is C21H23N3O2S. The number of rotatable bonds is 7. The number of para-hydroxylation sites is 2. The van der Waals surface area contributed by atoms with Gasteiger partial charge in [-0.1, -0.05) is 44.0 Å². The highest BCUT2D eigenvalue weighted by atomic mass is 32.1. The fraction of sp³-hybridized carbons (Fsp3) is 0.286. The van der Waals surface area contributed by atoms with Crippen LogP contribution in [0.3, 0.4) is 0 Å². The third-order valence-electron chi connectivity index (χ3n) is 4.21. The van der Waals surface area contributed by atoms with Gasteiger partial charge in [-0.05, 0) is 48.5 Å². The maximum absolute atomic E-state index is 11.8. The molecule has 0 aliphatic carbocycles. The number of carbonyl (C=O) groups excluding carboxylic acids is 1. The quantitative estimate of drug-likeness (QED) is 0.464. The molecule has 1 heterocycles. The molecule has 0 bridgehead atoms. The molecule has 0 saturated heterocycles. The Labute approximate surface area is 164 Å². The van der Waals surface area contributed by atoms with E-state index >= 15 is 0 Å². The van der Waals surface area contributed by atoms with Gasteiger partial charge in [0.1, 0.15) is 5.52 Å². The van der Waals surface area contributed by atoms with Crippen molar-refractivity contribution in [3.63, 3.8) is 0 Å². The van der Waals surface area contributed by atoms with Gasteiger partial charge in [0, 0.05) is 18.5 Å². The van der Waals surface area contributed by atoms with Crippen molar-refractivity contribution in [3.8, 4) is 11.5 Å². The Balaban J connectivity index is 1.52. The molecule has 0 aliphatic rings. The molecule has 0 spiro atoms. The molecule has 2 N–H and O–H groups in total. The Bertz CT molecular complexity index is 886. The summed E-state index contributed by atoms with van der Waals surface area (Å²) >= 11 is 5.18. The molecule has 1 amide bonds. The number of unbranched alkanes of at least 4 members (excludes halogenated alkanes) is 2. The molecule has 140 valence electrons. The summed E-state index contributed by atoms with van der Waals surface area (Å²) in [5, 5.41) is 6.14. The van der Waals surface area contributed by atoms with Gasteiger partial charge < -0.3 is 15.1 Å². The highest BCUT2D eigenvalue weighted by molar-refractivity contribution is 7.80. The van der Waals surface area contributed by atoms with E-state index in [2.05, 4.69) is 22.5 Å². The average molecular weight is 382 g/mol. The summed E-state index contributed by atoms with van der Waals surface area (Å²) in [6.45, 7) is 2.65. The van der Waals surface area contributed by atoms with Crippen molar-refractivity contribution in [2.75, 3.05) is 0 Å². The Morgan fingerprint density at radius 3 is 2.63 bits per heavy atom. The van der Waals surface area contributed by atoms with Gasteiger partial charge in [0.2, 0.25) is 11.8 Å². The van der Waals surface area contributed by atoms with Gasteiger partial charge in [0.05, 0.1) is 0 Å². The molecule has 6 heteroatoms. The van der Waals surface area contributed by atoms with E-state index in [1.54, 1.807) is 0 Å². The Hall–Kier alpha value is -2.73. The van der Waals surface area contributed by atoms with Gasteiger partial charge in [-0.15, -0.1) is 0 Å². The molecule has 2 aromatic carbocycles. The van der Waals surface area contributed by atoms with Crippen LogP contribution in [0.1, 0.15) is 38.2 Å². The van der Waals surface area contributed by atoms with Gasteiger partial charge in [0.15, 0.2) is 10.7 Å². The van der Waals surface area contributed by atoms with Gasteiger partial charge in [-0.2, -0.15) is 0 Å². The van der Waals surface area contributed by atoms with Crippen molar-refractivity contribution in [1.29, 1.82) is 0 Å². The fourth-order valence-corrected chi connectivity index (χ4v) is 2.90. The fourth-order valence-electron chi connectivity index (χ4n) is 2.71. The van der Waals surface area contributed by atoms with Gasteiger partial charge in [-0.3, -0.25) is 4.79 Å². The molecular weight excluding hydrogens is 358 g/mol. The van der Waals surface area contributed by atoms with Crippen LogP contribution in [-0.4, -0.2) is 16.0 Å². The van der Waals surface area contributed by atoms with E-state index in [0.717, 1.165) is 41.5 Å². The number of nitrogens with one attached hydrogen (secondary N) is 2. The lowest BCUT2D eigenvalue weighted by Crippen LogP contribution is -2.38. The maximum Gasteiger partial charge on any atom is 0.227 e. The number of hydrogen-bond acceptors (Lipinski definition) is 4. The van der Waals surface area contributed by atoms with E-state index in [0.29, 0.717) is 24.0 Å². The number of benzene rings is 2. The van der Waals surface area contributed by atoms with E-state index in [1.165, 1.54) is 0 Å². The van der Waals surface area contributed by atoms with Crippen molar-refractivity contribution >= 4 is 34.3 Å². The van der Waals surface area contributed by atoms with Crippen LogP contribution in [0.5, 0.6) is 0 Å². The summed E-state index contributed by atoms with van der Waals surface area (Å²) in [4.78, 5) is 16.3. The number of hydrogen-bond donors (Lipinski definition) is 2. The topological polar surface area (TPSA) is 67.2 Å². The second-order valence-corrected chi connectivity index (χ2v) is 6.78. The van der Waals surface area contributed by atoms with Crippen molar-refractivity contribution in [3.05, 3.63) is 54.1 Å². The van der Waals surface area contributed by atoms with Crippen molar-refractivity contribution in [1.82, 2.24) is 15.6 Å². The third-order valence-corrected chi connectivity index (χ3v) is 4.45. The number of thiocarbonyl (C=S) groups is 1. The summed E-state index contributed by atoms with van der Waals surface area (Å²) in [5.41, 5.74) is 3.59. The highest BCUT2D eigenvalue weighted by Crippen LogP contribution is 2.24. The van der Waals surface area contributed by atoms with E-state index in [4.69, 9.17) is 16.6 Å². The standard InChI is InChI=1S/C21H23N3O2S/c1-2-3-4-9-19(25)24-21(27)22-14-15-10-12-16(13-11-15)20-23-17-7-5-6-8-18(17)26-20/h5-8,10-13H,2-4,9,14H2,1H3,(H2,22,24,25,27). The number of amides is 1. The molecule has 0 unspecified atom stereocenters. The van der Waals surface area contributed by atoms with Gasteiger partial charge in [0.25, 0.3) is 0 Å². The molecule has 0 atom stereocenters. The van der Waals surface area contributed by atoms with Crippen LogP contribution < -0.4 is 10.6 Å². The maximum atomic E-state index is 11.8. The van der Waals surface area contributed by atoms with E-state index in [9.17, 15) is 4.79 Å². The first-order chi connectivity index (χ1) is 13.2. The van der Waals surface area contributed by atoms with E-state index < -0.39 is 0 Å². The number of carbonyl (C=O) groups is 1. The zero-order valence-corrected chi connectivity index (χ0v) is 16.1. The van der Waals surface area contributed by atoms with E-state index in [1.807, 2.05) is 48.5 Å². The van der Waals surface area contributed by atoms with Crippen LogP contribution in [0.4, 0.5) is 0 Å². The van der Waals surface area contributed by atoms with Crippen LogP contribution in [0.2, 0.25) is 0 Å². The summed E-state index contributed by atoms with van der Waals surface area (Å²) < 4.78 is 5.78. The van der Waals surface area contributed by atoms with Crippen LogP contribution >= 0.6 is 12.2 Å². The van der Waals surface area contributed by atoms with Crippen molar-refractivity contribution in [2.45, 2.75) is 39.2 Å². The molecule has 0 fully saturated rings. The van der Waals surface area contributed by atoms with Crippen LogP contribution in [0.15, 0.2) is 52.9 Å². The van der Waals surface area contributed by atoms with Crippen molar-refractivity contribution < 1.29 is 9.21 Å². The smallest absolute Gasteiger partial charge is 0.227 e. The average Bonchev–Trinajstić information content (AvgIpc) is 3.11. The number of aromatic nitrogens is 1. The molecule has 0 saturated carbocycles. The minimum atomic E-state index is -0.0349. The lowest BCUT2D eigenvalue weighted by atomic mass is 10.1. The molecule has 3 rings (SSSR count). The zero-order valence-electron chi connectivity index (χ0n) is 15.3. The highest BCUT2D eigenvalue weighted by Gasteiger charge is 2.08. The second kappa shape index (κ2) is 9.28. The first kappa shape index (κ1) is 19.0. The zero-order chi connectivity index (χ0) is 19.1. The first-order valence-corrected chi connectivity index (χ1v) is 9.59. The lowest BCUT2D eigenvalue weighted by Gasteiger charge is -2.09. The Kier molecular flexibility index (Phi) is 6.54. The number of nitrogens with zero attached hydrogens (tertiary/aromatic N) is 1. The van der Waals surface area contributed by atoms with Crippen LogP contribution in [0, 0.1) is 0 Å². The number of oxazole rings is 1. The predicted octanol–water partition coefficient (Wildman–Crippen LogP) is 4.57. The molecule has 1 aromatic heterocycles. The molecule has 0 radical (unpaired) electrons. The van der Waals surface area contributed by atoms with Crippen LogP contribution in [-0.2, 0) is 11.3 Å². The first-order valence-electron chi connectivity index (χ1n) is 9.18. The summed E-state index contributed by atoms with van der Waals surface area (Å²) in [7, 11) is 0. The minimum Gasteiger partial charge on any atom is -0.436 e. The largest absolute Gasteiger partial charge is 0.436 e. The summed E-state index contributed by atoms with van der Waals surface area (Å²) in [6.07, 6.45) is 3.55. The van der Waals surface area contributed by atoms with Gasteiger partial charge >= 0.3 is 0 Å². The number of fused-ring (bicyclic) bond motifs is 1. The summed E-state index contributed by atoms with van der Waals surface area (Å²) in [6, 6.07) is 15.6. The summed E-state index contributed by atoms with van der Waals surface area (Å²) in [5.74, 6) is 0.567. The Morgan fingerprint density at radius 2 is 1.89 bits per heavy atom. The van der Waals surface area contributed by atoms with E-state index in [-0.39, 0.29) is 5.91 Å². The molecule has 5 nitrogen and oxygen atoms in total. The SMILES string of the molecule is CCCCCC(=O)NC(=S)NCc1ccc(-c2nc3ccccc3o2)cc1.